The van der Waals surface area contributed by atoms with Crippen LogP contribution < -0.4 is 14.8 Å². The van der Waals surface area contributed by atoms with Crippen molar-refractivity contribution in [3.05, 3.63) is 42.3 Å². The average molecular weight is 337 g/mol. The fourth-order valence-electron chi connectivity index (χ4n) is 3.04. The summed E-state index contributed by atoms with van der Waals surface area (Å²) in [5, 5.41) is 0. The second-order valence-corrected chi connectivity index (χ2v) is 6.50. The lowest BCUT2D eigenvalue weighted by Crippen LogP contribution is -2.31. The number of rotatable bonds is 2. The predicted molar refractivity (Wildman–Crippen MR) is 92.4 cm³/mol. The Balaban J connectivity index is 1.49. The largest absolute Gasteiger partial charge is 0.329 e. The number of carbonyl (C=O) groups is 1. The van der Waals surface area contributed by atoms with Gasteiger partial charge in [-0.3, -0.25) is 14.8 Å². The Morgan fingerprint density at radius 2 is 2.00 bits per heavy atom. The highest BCUT2D eigenvalue weighted by Crippen LogP contribution is 2.29. The quantitative estimate of drug-likeness (QED) is 0.610. The molecule has 2 N–H and O–H groups in total. The standard InChI is InChI=1S/C16H12N6OS/c23-16-21(10-1-2-12-14(6-10)24-9-20-12)3-4-22(16)11-5-13-15(17-7-11)19-8-18-13/h1-2,5-9H,3-4H2,(H,17,18,19)/p+1. The number of nitrogens with one attached hydrogen (secondary N) is 2. The SMILES string of the molecule is O=C1N(c2cnc3[nH+]c[nH]c3c2)CCN1c1ccc2ncsc2c1. The molecule has 1 aromatic carbocycles. The number of aromatic nitrogens is 4. The zero-order valence-electron chi connectivity index (χ0n) is 12.6. The van der Waals surface area contributed by atoms with E-state index < -0.39 is 0 Å². The van der Waals surface area contributed by atoms with Gasteiger partial charge in [0.05, 0.1) is 21.4 Å². The number of H-pyrrole nitrogens is 2. The summed E-state index contributed by atoms with van der Waals surface area (Å²) >= 11 is 1.58. The van der Waals surface area contributed by atoms with Crippen LogP contribution in [0.2, 0.25) is 0 Å². The number of thiazole rings is 1. The Morgan fingerprint density at radius 3 is 2.92 bits per heavy atom. The molecule has 4 heterocycles. The summed E-state index contributed by atoms with van der Waals surface area (Å²) in [5.41, 5.74) is 6.14. The van der Waals surface area contributed by atoms with E-state index in [0.29, 0.717) is 13.1 Å². The van der Waals surface area contributed by atoms with Crippen LogP contribution in [0, 0.1) is 0 Å². The molecule has 0 aliphatic carbocycles. The van der Waals surface area contributed by atoms with Gasteiger partial charge in [0.25, 0.3) is 5.65 Å². The molecule has 4 aromatic rings. The number of carbonyl (C=O) groups excluding carboxylic acids is 1. The van der Waals surface area contributed by atoms with E-state index in [-0.39, 0.29) is 6.03 Å². The van der Waals surface area contributed by atoms with Gasteiger partial charge in [0.1, 0.15) is 6.20 Å². The number of pyridine rings is 1. The molecule has 0 atom stereocenters. The topological polar surface area (TPSA) is 79.3 Å². The molecule has 1 saturated heterocycles. The summed E-state index contributed by atoms with van der Waals surface area (Å²) in [7, 11) is 0. The van der Waals surface area contributed by atoms with Crippen molar-refractivity contribution >= 4 is 50.1 Å². The number of benzene rings is 1. The molecule has 7 nitrogen and oxygen atoms in total. The maximum absolute atomic E-state index is 12.8. The van der Waals surface area contributed by atoms with Crippen LogP contribution in [-0.4, -0.2) is 34.1 Å². The number of hydrogen-bond donors (Lipinski definition) is 1. The third-order valence-corrected chi connectivity index (χ3v) is 5.05. The van der Waals surface area contributed by atoms with Crippen molar-refractivity contribution in [2.45, 2.75) is 0 Å². The molecule has 1 aliphatic heterocycles. The normalized spacial score (nSPS) is 15.1. The van der Waals surface area contributed by atoms with E-state index in [2.05, 4.69) is 19.9 Å². The molecule has 0 radical (unpaired) electrons. The number of anilines is 2. The molecule has 24 heavy (non-hydrogen) atoms. The van der Waals surface area contributed by atoms with E-state index in [4.69, 9.17) is 0 Å². The van der Waals surface area contributed by atoms with E-state index in [1.54, 1.807) is 33.7 Å². The van der Waals surface area contributed by atoms with Crippen molar-refractivity contribution in [1.29, 1.82) is 0 Å². The van der Waals surface area contributed by atoms with E-state index in [9.17, 15) is 4.79 Å². The molecule has 0 unspecified atom stereocenters. The monoisotopic (exact) mass is 337 g/mol. The summed E-state index contributed by atoms with van der Waals surface area (Å²) < 4.78 is 1.09. The van der Waals surface area contributed by atoms with Gasteiger partial charge in [-0.05, 0) is 18.2 Å². The van der Waals surface area contributed by atoms with E-state index >= 15 is 0 Å². The van der Waals surface area contributed by atoms with Gasteiger partial charge < -0.3 is 0 Å². The molecule has 0 spiro atoms. The van der Waals surface area contributed by atoms with Crippen LogP contribution in [0.15, 0.2) is 42.3 Å². The lowest BCUT2D eigenvalue weighted by molar-refractivity contribution is -0.347. The predicted octanol–water partition coefficient (Wildman–Crippen LogP) is 2.43. The second-order valence-electron chi connectivity index (χ2n) is 5.61. The van der Waals surface area contributed by atoms with E-state index in [1.165, 1.54) is 0 Å². The zero-order valence-corrected chi connectivity index (χ0v) is 13.4. The highest BCUT2D eigenvalue weighted by atomic mass is 32.1. The van der Waals surface area contributed by atoms with Crippen molar-refractivity contribution in [3.8, 4) is 0 Å². The first-order valence-corrected chi connectivity index (χ1v) is 8.45. The van der Waals surface area contributed by atoms with Crippen molar-refractivity contribution in [2.75, 3.05) is 22.9 Å². The van der Waals surface area contributed by atoms with Crippen molar-refractivity contribution < 1.29 is 9.78 Å². The van der Waals surface area contributed by atoms with Gasteiger partial charge in [-0.25, -0.2) is 14.8 Å². The van der Waals surface area contributed by atoms with Gasteiger partial charge in [-0.15, -0.1) is 16.3 Å². The zero-order chi connectivity index (χ0) is 16.1. The van der Waals surface area contributed by atoms with Crippen molar-refractivity contribution in [3.63, 3.8) is 0 Å². The maximum atomic E-state index is 12.8. The van der Waals surface area contributed by atoms with Gasteiger partial charge in [-0.1, -0.05) is 0 Å². The molecule has 0 saturated carbocycles. The van der Waals surface area contributed by atoms with Crippen molar-refractivity contribution in [1.82, 2.24) is 15.0 Å². The van der Waals surface area contributed by atoms with Crippen LogP contribution in [0.1, 0.15) is 0 Å². The minimum atomic E-state index is -0.0319. The number of hydrogen-bond acceptors (Lipinski definition) is 4. The summed E-state index contributed by atoms with van der Waals surface area (Å²) in [6.07, 6.45) is 3.45. The van der Waals surface area contributed by atoms with Crippen LogP contribution in [0.25, 0.3) is 21.4 Å². The first-order chi connectivity index (χ1) is 11.8. The first kappa shape index (κ1) is 13.4. The van der Waals surface area contributed by atoms with Gasteiger partial charge in [-0.2, -0.15) is 0 Å². The summed E-state index contributed by atoms with van der Waals surface area (Å²) in [6.45, 7) is 1.29. The van der Waals surface area contributed by atoms with Gasteiger partial charge >= 0.3 is 6.03 Å². The van der Waals surface area contributed by atoms with E-state index in [0.717, 1.165) is 32.8 Å². The van der Waals surface area contributed by atoms with Crippen LogP contribution in [0.3, 0.4) is 0 Å². The summed E-state index contributed by atoms with van der Waals surface area (Å²) in [6, 6.07) is 7.84. The van der Waals surface area contributed by atoms with Gasteiger partial charge in [0.15, 0.2) is 11.8 Å². The number of fused-ring (bicyclic) bond motifs is 2. The summed E-state index contributed by atoms with van der Waals surface area (Å²) in [5.74, 6) is 0. The molecule has 8 heteroatoms. The fourth-order valence-corrected chi connectivity index (χ4v) is 3.75. The molecule has 1 fully saturated rings. The third-order valence-electron chi connectivity index (χ3n) is 4.26. The molecule has 5 rings (SSSR count). The molecule has 0 bridgehead atoms. The molecule has 3 aromatic heterocycles. The Hall–Kier alpha value is -3.00. The molecule has 1 aliphatic rings. The Kier molecular flexibility index (Phi) is 2.80. The molecular weight excluding hydrogens is 324 g/mol. The highest BCUT2D eigenvalue weighted by molar-refractivity contribution is 7.16. The first-order valence-electron chi connectivity index (χ1n) is 7.57. The minimum Gasteiger partial charge on any atom is -0.292 e. The lowest BCUT2D eigenvalue weighted by Gasteiger charge is -2.18. The Morgan fingerprint density at radius 1 is 1.12 bits per heavy atom. The number of nitrogens with zero attached hydrogens (tertiary/aromatic N) is 4. The minimum absolute atomic E-state index is 0.0319. The number of aromatic amines is 2. The molecule has 2 amide bonds. The van der Waals surface area contributed by atoms with Crippen molar-refractivity contribution in [2.24, 2.45) is 0 Å². The number of urea groups is 1. The second kappa shape index (κ2) is 5.00. The fraction of sp³-hybridized carbons (Fsp3) is 0.125. The van der Waals surface area contributed by atoms with Crippen LogP contribution in [0.4, 0.5) is 16.2 Å². The van der Waals surface area contributed by atoms with Crippen LogP contribution in [0.5, 0.6) is 0 Å². The molecular formula is C16H13N6OS+. The van der Waals surface area contributed by atoms with Gasteiger partial charge in [0.2, 0.25) is 0 Å². The maximum Gasteiger partial charge on any atom is 0.329 e. The smallest absolute Gasteiger partial charge is 0.292 e. The average Bonchev–Trinajstić information content (AvgIpc) is 3.32. The summed E-state index contributed by atoms with van der Waals surface area (Å²) in [4.78, 5) is 31.1. The number of imidazole rings is 1. The lowest BCUT2D eigenvalue weighted by atomic mass is 10.3. The Labute approximate surface area is 140 Å². The van der Waals surface area contributed by atoms with Crippen LogP contribution in [-0.2, 0) is 0 Å². The van der Waals surface area contributed by atoms with Crippen LogP contribution >= 0.6 is 11.3 Å². The Bertz CT molecular complexity index is 987. The highest BCUT2D eigenvalue weighted by Gasteiger charge is 2.31. The van der Waals surface area contributed by atoms with E-state index in [1.807, 2.05) is 29.8 Å². The molecule has 118 valence electrons. The van der Waals surface area contributed by atoms with Gasteiger partial charge in [0, 0.05) is 24.8 Å². The number of amides is 2. The third kappa shape index (κ3) is 1.96.